The van der Waals surface area contributed by atoms with E-state index in [2.05, 4.69) is 55.0 Å². The van der Waals surface area contributed by atoms with Crippen molar-refractivity contribution in [2.24, 2.45) is 0 Å². The van der Waals surface area contributed by atoms with Crippen molar-refractivity contribution in [2.45, 2.75) is 62.0 Å². The van der Waals surface area contributed by atoms with Crippen molar-refractivity contribution in [1.82, 2.24) is 15.5 Å². The van der Waals surface area contributed by atoms with Crippen LogP contribution in [0.3, 0.4) is 0 Å². The van der Waals surface area contributed by atoms with Crippen molar-refractivity contribution >= 4 is 19.1 Å². The van der Waals surface area contributed by atoms with E-state index in [-0.39, 0.29) is 11.1 Å². The van der Waals surface area contributed by atoms with E-state index >= 15 is 0 Å². The van der Waals surface area contributed by atoms with Crippen LogP contribution in [0.1, 0.15) is 40.5 Å². The van der Waals surface area contributed by atoms with Crippen LogP contribution in [-0.4, -0.2) is 35.9 Å². The molecule has 1 aromatic heterocycles. The fourth-order valence-electron chi connectivity index (χ4n) is 3.21. The Bertz CT molecular complexity index is 387. The molecule has 1 fully saturated rings. The summed E-state index contributed by atoms with van der Waals surface area (Å²) in [6.45, 7) is 9.28. The van der Waals surface area contributed by atoms with Crippen molar-refractivity contribution in [1.29, 1.82) is 0 Å². The fraction of sp³-hybridized carbons (Fsp3) is 0.714. The average Bonchev–Trinajstić information content (AvgIpc) is 2.25. The molecule has 1 aliphatic heterocycles. The zero-order valence-corrected chi connectivity index (χ0v) is 13.9. The summed E-state index contributed by atoms with van der Waals surface area (Å²) in [7, 11) is 0. The Morgan fingerprint density at radius 1 is 1.22 bits per heavy atom. The van der Waals surface area contributed by atoms with Gasteiger partial charge in [-0.1, -0.05) is 0 Å². The van der Waals surface area contributed by atoms with Gasteiger partial charge in [-0.15, -0.1) is 0 Å². The van der Waals surface area contributed by atoms with Crippen molar-refractivity contribution in [3.8, 4) is 0 Å². The van der Waals surface area contributed by atoms with Crippen molar-refractivity contribution in [2.75, 3.05) is 0 Å². The number of piperidine rings is 1. The zero-order chi connectivity index (χ0) is 13.4. The predicted octanol–water partition coefficient (Wildman–Crippen LogP) is 2.12. The quantitative estimate of drug-likeness (QED) is 0.851. The van der Waals surface area contributed by atoms with Crippen LogP contribution in [-0.2, 0) is 0 Å². The van der Waals surface area contributed by atoms with Gasteiger partial charge in [-0.3, -0.25) is 0 Å². The standard InChI is InChI=1S/C14H24AsN3/c1-13(2)9-11(10-14(3,4)18-13)15(5)12-7-6-8-16-17-12/h6-8,11,18H,9-10H2,1-5H3. The van der Waals surface area contributed by atoms with E-state index in [1.807, 2.05) is 6.07 Å². The van der Waals surface area contributed by atoms with Crippen LogP contribution in [0.15, 0.2) is 18.3 Å². The molecule has 1 saturated heterocycles. The summed E-state index contributed by atoms with van der Waals surface area (Å²) in [4.78, 5) is 0. The molecule has 2 rings (SSSR count). The Hall–Kier alpha value is -0.402. The van der Waals surface area contributed by atoms with Crippen molar-refractivity contribution < 1.29 is 0 Å². The van der Waals surface area contributed by atoms with Gasteiger partial charge >= 0.3 is 115 Å². The zero-order valence-electron chi connectivity index (χ0n) is 12.1. The van der Waals surface area contributed by atoms with Crippen LogP contribution in [0.25, 0.3) is 0 Å². The third-order valence-corrected chi connectivity index (χ3v) is 8.72. The molecule has 0 radical (unpaired) electrons. The van der Waals surface area contributed by atoms with E-state index in [1.54, 1.807) is 6.20 Å². The summed E-state index contributed by atoms with van der Waals surface area (Å²) in [5, 5.41) is 12.1. The molecule has 0 saturated carbocycles. The van der Waals surface area contributed by atoms with Crippen molar-refractivity contribution in [3.63, 3.8) is 0 Å². The summed E-state index contributed by atoms with van der Waals surface area (Å²) >= 11 is -1.09. The number of hydrogen-bond acceptors (Lipinski definition) is 3. The molecule has 0 spiro atoms. The summed E-state index contributed by atoms with van der Waals surface area (Å²) in [5.74, 6) is 0. The molecule has 0 aliphatic carbocycles. The Balaban J connectivity index is 2.18. The van der Waals surface area contributed by atoms with Gasteiger partial charge in [-0.05, 0) is 0 Å². The van der Waals surface area contributed by atoms with Crippen LogP contribution in [0, 0.1) is 0 Å². The Morgan fingerprint density at radius 3 is 2.33 bits per heavy atom. The molecule has 1 aromatic rings. The third kappa shape index (κ3) is 3.33. The SMILES string of the molecule is C[As](c1cccnn1)C1CC(C)(C)NC(C)(C)C1. The van der Waals surface area contributed by atoms with Gasteiger partial charge in [0.25, 0.3) is 0 Å². The van der Waals surface area contributed by atoms with Gasteiger partial charge in [0.05, 0.1) is 0 Å². The Morgan fingerprint density at radius 2 is 1.83 bits per heavy atom. The van der Waals surface area contributed by atoms with Crippen LogP contribution < -0.4 is 9.80 Å². The minimum absolute atomic E-state index is 0.234. The van der Waals surface area contributed by atoms with Crippen LogP contribution in [0.4, 0.5) is 0 Å². The molecule has 3 nitrogen and oxygen atoms in total. The predicted molar refractivity (Wildman–Crippen MR) is 77.6 cm³/mol. The van der Waals surface area contributed by atoms with Crippen LogP contribution in [0.2, 0.25) is 10.4 Å². The molecule has 1 atom stereocenters. The second-order valence-electron chi connectivity index (χ2n) is 6.65. The maximum atomic E-state index is 4.34. The van der Waals surface area contributed by atoms with Gasteiger partial charge in [0, 0.05) is 0 Å². The van der Waals surface area contributed by atoms with E-state index in [0.29, 0.717) is 0 Å². The monoisotopic (exact) mass is 309 g/mol. The molecule has 100 valence electrons. The fourth-order valence-corrected chi connectivity index (χ4v) is 8.14. The molecule has 0 aromatic carbocycles. The van der Waals surface area contributed by atoms with Gasteiger partial charge in [-0.25, -0.2) is 0 Å². The first-order valence-corrected chi connectivity index (χ1v) is 10.5. The number of rotatable bonds is 2. The van der Waals surface area contributed by atoms with E-state index < -0.39 is 14.7 Å². The van der Waals surface area contributed by atoms with Gasteiger partial charge in [0.2, 0.25) is 0 Å². The van der Waals surface area contributed by atoms with E-state index in [9.17, 15) is 0 Å². The molecular formula is C14H24AsN3. The normalized spacial score (nSPS) is 24.7. The number of nitrogens with zero attached hydrogens (tertiary/aromatic N) is 2. The minimum atomic E-state index is -1.09. The first kappa shape index (κ1) is 14.0. The molecule has 1 N–H and O–H groups in total. The van der Waals surface area contributed by atoms with Gasteiger partial charge in [0.15, 0.2) is 0 Å². The van der Waals surface area contributed by atoms with Gasteiger partial charge in [-0.2, -0.15) is 0 Å². The molecule has 1 aliphatic rings. The van der Waals surface area contributed by atoms with Gasteiger partial charge < -0.3 is 0 Å². The second-order valence-corrected chi connectivity index (χ2v) is 11.7. The van der Waals surface area contributed by atoms with Crippen LogP contribution >= 0.6 is 0 Å². The first-order valence-electron chi connectivity index (χ1n) is 6.59. The van der Waals surface area contributed by atoms with Gasteiger partial charge in [0.1, 0.15) is 0 Å². The summed E-state index contributed by atoms with van der Waals surface area (Å²) in [6, 6.07) is 4.18. The number of hydrogen-bond donors (Lipinski definition) is 1. The van der Waals surface area contributed by atoms with Crippen LogP contribution in [0.5, 0.6) is 0 Å². The van der Waals surface area contributed by atoms with E-state index in [4.69, 9.17) is 0 Å². The van der Waals surface area contributed by atoms with E-state index in [1.165, 1.54) is 17.3 Å². The second kappa shape index (κ2) is 4.94. The molecular weight excluding hydrogens is 285 g/mol. The van der Waals surface area contributed by atoms with Crippen molar-refractivity contribution in [3.05, 3.63) is 18.3 Å². The molecule has 2 heterocycles. The van der Waals surface area contributed by atoms with E-state index in [0.717, 1.165) is 4.71 Å². The molecule has 4 heteroatoms. The molecule has 0 amide bonds. The number of aromatic nitrogens is 2. The summed E-state index contributed by atoms with van der Waals surface area (Å²) in [6.07, 6.45) is 4.27. The average molecular weight is 309 g/mol. The molecule has 0 bridgehead atoms. The first-order chi connectivity index (χ1) is 8.29. The topological polar surface area (TPSA) is 37.8 Å². The number of nitrogens with one attached hydrogen (secondary N) is 1. The summed E-state index contributed by atoms with van der Waals surface area (Å²) in [5.41, 5.74) is 2.90. The molecule has 18 heavy (non-hydrogen) atoms. The molecule has 1 unspecified atom stereocenters. The Labute approximate surface area is 115 Å². The Kier molecular flexibility index (Phi) is 3.85. The summed E-state index contributed by atoms with van der Waals surface area (Å²) < 4.78 is 2.07. The third-order valence-electron chi connectivity index (χ3n) is 3.64. The maximum absolute atomic E-state index is 4.34.